The molecule has 0 spiro atoms. The number of rotatable bonds is 3. The summed E-state index contributed by atoms with van der Waals surface area (Å²) < 4.78 is 39.4. The standard InChI is InChI=1S/C21H22F3N3OS/c1-13-3-4-15(9-18(13)28)12-26-7-8-27(11-14(26)2)20-25-17-6-5-16(21(22,23)24)10-19(17)29-20/h3-6,9-10,14,28H,7-8,11-12H2,1-2H3. The maximum Gasteiger partial charge on any atom is 0.416 e. The number of halogens is 3. The van der Waals surface area contributed by atoms with Crippen LogP contribution in [0.25, 0.3) is 10.2 Å². The third-order valence-corrected chi connectivity index (χ3v) is 6.48. The zero-order valence-corrected chi connectivity index (χ0v) is 17.0. The molecule has 154 valence electrons. The molecule has 1 saturated heterocycles. The number of phenols is 1. The average molecular weight is 421 g/mol. The molecule has 1 fully saturated rings. The van der Waals surface area contributed by atoms with Crippen molar-refractivity contribution in [1.82, 2.24) is 9.88 Å². The Morgan fingerprint density at radius 2 is 1.97 bits per heavy atom. The highest BCUT2D eigenvalue weighted by Gasteiger charge is 2.31. The first-order valence-electron chi connectivity index (χ1n) is 9.46. The van der Waals surface area contributed by atoms with Crippen LogP contribution in [0.15, 0.2) is 36.4 Å². The van der Waals surface area contributed by atoms with E-state index in [0.29, 0.717) is 16.0 Å². The van der Waals surface area contributed by atoms with Crippen molar-refractivity contribution in [3.05, 3.63) is 53.1 Å². The number of aryl methyl sites for hydroxylation is 1. The van der Waals surface area contributed by atoms with Crippen LogP contribution in [0.5, 0.6) is 5.75 Å². The summed E-state index contributed by atoms with van der Waals surface area (Å²) in [6, 6.07) is 9.72. The van der Waals surface area contributed by atoms with Gasteiger partial charge in [-0.3, -0.25) is 4.90 Å². The maximum atomic E-state index is 13.0. The number of aromatic hydroxyl groups is 1. The summed E-state index contributed by atoms with van der Waals surface area (Å²) in [5.41, 5.74) is 1.88. The summed E-state index contributed by atoms with van der Waals surface area (Å²) in [4.78, 5) is 9.04. The van der Waals surface area contributed by atoms with Crippen LogP contribution in [-0.2, 0) is 12.7 Å². The monoisotopic (exact) mass is 421 g/mol. The first-order valence-corrected chi connectivity index (χ1v) is 10.3. The Labute approximate surface area is 171 Å². The molecule has 1 aliphatic heterocycles. The number of phenolic OH excluding ortho intramolecular Hbond substituents is 1. The topological polar surface area (TPSA) is 39.6 Å². The number of hydrogen-bond donors (Lipinski definition) is 1. The quantitative estimate of drug-likeness (QED) is 0.643. The van der Waals surface area contributed by atoms with Crippen LogP contribution in [0.2, 0.25) is 0 Å². The molecule has 0 saturated carbocycles. The molecule has 4 nitrogen and oxygen atoms in total. The van der Waals surface area contributed by atoms with Crippen molar-refractivity contribution in [3.63, 3.8) is 0 Å². The van der Waals surface area contributed by atoms with E-state index >= 15 is 0 Å². The normalized spacial score (nSPS) is 18.5. The summed E-state index contributed by atoms with van der Waals surface area (Å²) in [6.45, 7) is 7.08. The number of benzene rings is 2. The lowest BCUT2D eigenvalue weighted by molar-refractivity contribution is -0.137. The molecule has 8 heteroatoms. The highest BCUT2D eigenvalue weighted by Crippen LogP contribution is 2.36. The lowest BCUT2D eigenvalue weighted by Crippen LogP contribution is -2.51. The van der Waals surface area contributed by atoms with Crippen molar-refractivity contribution in [3.8, 4) is 5.75 Å². The minimum absolute atomic E-state index is 0.255. The molecule has 1 aliphatic rings. The number of hydrogen-bond acceptors (Lipinski definition) is 5. The van der Waals surface area contributed by atoms with Gasteiger partial charge in [0.1, 0.15) is 5.75 Å². The van der Waals surface area contributed by atoms with E-state index in [1.807, 2.05) is 19.1 Å². The van der Waals surface area contributed by atoms with Gasteiger partial charge in [0, 0.05) is 32.2 Å². The minimum atomic E-state index is -4.34. The molecule has 1 atom stereocenters. The van der Waals surface area contributed by atoms with E-state index in [1.165, 1.54) is 23.5 Å². The predicted octanol–water partition coefficient (Wildman–Crippen LogP) is 5.04. The van der Waals surface area contributed by atoms with Gasteiger partial charge >= 0.3 is 6.18 Å². The van der Waals surface area contributed by atoms with Crippen molar-refractivity contribution in [2.75, 3.05) is 24.5 Å². The zero-order chi connectivity index (χ0) is 20.8. The van der Waals surface area contributed by atoms with Crippen LogP contribution < -0.4 is 4.90 Å². The fourth-order valence-electron chi connectivity index (χ4n) is 3.62. The van der Waals surface area contributed by atoms with E-state index in [9.17, 15) is 18.3 Å². The summed E-state index contributed by atoms with van der Waals surface area (Å²) in [7, 11) is 0. The number of thiazole rings is 1. The molecule has 0 radical (unpaired) electrons. The predicted molar refractivity (Wildman–Crippen MR) is 110 cm³/mol. The summed E-state index contributed by atoms with van der Waals surface area (Å²) >= 11 is 1.31. The van der Waals surface area contributed by atoms with Crippen LogP contribution >= 0.6 is 11.3 Å². The van der Waals surface area contributed by atoms with Gasteiger partial charge in [0.25, 0.3) is 0 Å². The van der Waals surface area contributed by atoms with Crippen LogP contribution in [0.3, 0.4) is 0 Å². The van der Waals surface area contributed by atoms with E-state index in [2.05, 4.69) is 21.7 Å². The number of anilines is 1. The van der Waals surface area contributed by atoms with Crippen LogP contribution in [0.4, 0.5) is 18.3 Å². The van der Waals surface area contributed by atoms with Gasteiger partial charge in [0.05, 0.1) is 15.8 Å². The van der Waals surface area contributed by atoms with Gasteiger partial charge in [0.2, 0.25) is 0 Å². The van der Waals surface area contributed by atoms with Gasteiger partial charge in [-0.15, -0.1) is 0 Å². The Balaban J connectivity index is 1.47. The first-order chi connectivity index (χ1) is 13.7. The van der Waals surface area contributed by atoms with Gasteiger partial charge in [-0.2, -0.15) is 13.2 Å². The van der Waals surface area contributed by atoms with Gasteiger partial charge in [-0.05, 0) is 49.2 Å². The first kappa shape index (κ1) is 20.0. The average Bonchev–Trinajstić information content (AvgIpc) is 3.09. The fraction of sp³-hybridized carbons (Fsp3) is 0.381. The largest absolute Gasteiger partial charge is 0.508 e. The van der Waals surface area contributed by atoms with E-state index in [0.717, 1.165) is 48.5 Å². The van der Waals surface area contributed by atoms with Crippen molar-refractivity contribution >= 4 is 26.7 Å². The van der Waals surface area contributed by atoms with E-state index in [-0.39, 0.29) is 6.04 Å². The van der Waals surface area contributed by atoms with Gasteiger partial charge in [-0.1, -0.05) is 23.5 Å². The molecule has 2 heterocycles. The summed E-state index contributed by atoms with van der Waals surface area (Å²) in [5.74, 6) is 0.307. The molecule has 1 aromatic heterocycles. The Kier molecular flexibility index (Phi) is 5.16. The lowest BCUT2D eigenvalue weighted by atomic mass is 10.1. The van der Waals surface area contributed by atoms with Crippen molar-refractivity contribution in [2.24, 2.45) is 0 Å². The van der Waals surface area contributed by atoms with Gasteiger partial charge in [-0.25, -0.2) is 4.98 Å². The van der Waals surface area contributed by atoms with Crippen LogP contribution in [-0.4, -0.2) is 40.7 Å². The molecular formula is C21H22F3N3OS. The van der Waals surface area contributed by atoms with E-state index in [4.69, 9.17) is 0 Å². The number of nitrogens with zero attached hydrogens (tertiary/aromatic N) is 3. The van der Waals surface area contributed by atoms with Crippen LogP contribution in [0.1, 0.15) is 23.6 Å². The molecular weight excluding hydrogens is 399 g/mol. The zero-order valence-electron chi connectivity index (χ0n) is 16.2. The highest BCUT2D eigenvalue weighted by molar-refractivity contribution is 7.22. The van der Waals surface area contributed by atoms with Crippen molar-refractivity contribution in [1.29, 1.82) is 0 Å². The second-order valence-corrected chi connectivity index (χ2v) is 8.57. The second-order valence-electron chi connectivity index (χ2n) is 7.56. The molecule has 0 aliphatic carbocycles. The molecule has 1 N–H and O–H groups in total. The number of piperazine rings is 1. The van der Waals surface area contributed by atoms with Gasteiger partial charge < -0.3 is 10.0 Å². The third kappa shape index (κ3) is 4.18. The van der Waals surface area contributed by atoms with E-state index < -0.39 is 11.7 Å². The Morgan fingerprint density at radius 1 is 1.17 bits per heavy atom. The van der Waals surface area contributed by atoms with Crippen molar-refractivity contribution < 1.29 is 18.3 Å². The SMILES string of the molecule is Cc1ccc(CN2CCN(c3nc4ccc(C(F)(F)F)cc4s3)CC2C)cc1O. The number of alkyl halides is 3. The Morgan fingerprint density at radius 3 is 2.66 bits per heavy atom. The van der Waals surface area contributed by atoms with Crippen molar-refractivity contribution in [2.45, 2.75) is 32.6 Å². The lowest BCUT2D eigenvalue weighted by Gasteiger charge is -2.39. The molecule has 0 bridgehead atoms. The third-order valence-electron chi connectivity index (χ3n) is 5.40. The van der Waals surface area contributed by atoms with E-state index in [1.54, 1.807) is 6.07 Å². The van der Waals surface area contributed by atoms with Gasteiger partial charge in [0.15, 0.2) is 5.13 Å². The summed E-state index contributed by atoms with van der Waals surface area (Å²) in [5, 5.41) is 10.7. The number of aromatic nitrogens is 1. The Bertz CT molecular complexity index is 1030. The number of fused-ring (bicyclic) bond motifs is 1. The smallest absolute Gasteiger partial charge is 0.416 e. The van der Waals surface area contributed by atoms with Crippen LogP contribution in [0, 0.1) is 6.92 Å². The summed E-state index contributed by atoms with van der Waals surface area (Å²) in [6.07, 6.45) is -4.34. The fourth-order valence-corrected chi connectivity index (χ4v) is 4.66. The molecule has 0 amide bonds. The maximum absolute atomic E-state index is 13.0. The molecule has 4 rings (SSSR count). The molecule has 3 aromatic rings. The minimum Gasteiger partial charge on any atom is -0.508 e. The molecule has 2 aromatic carbocycles. The Hall–Kier alpha value is -2.32. The second kappa shape index (κ2) is 7.50. The molecule has 29 heavy (non-hydrogen) atoms. The molecule has 1 unspecified atom stereocenters. The highest BCUT2D eigenvalue weighted by atomic mass is 32.1.